The minimum atomic E-state index is -0.467. The number of aromatic nitrogens is 3. The van der Waals surface area contributed by atoms with Crippen molar-refractivity contribution in [3.05, 3.63) is 88.8 Å². The van der Waals surface area contributed by atoms with Gasteiger partial charge in [0.1, 0.15) is 10.7 Å². The highest BCUT2D eigenvalue weighted by atomic mass is 32.1. The quantitative estimate of drug-likeness (QED) is 0.290. The summed E-state index contributed by atoms with van der Waals surface area (Å²) >= 11 is 1.06. The van der Waals surface area contributed by atoms with Crippen molar-refractivity contribution in [2.45, 2.75) is 13.8 Å². The van der Waals surface area contributed by atoms with Crippen LogP contribution in [-0.4, -0.2) is 33.2 Å². The van der Waals surface area contributed by atoms with Crippen LogP contribution < -0.4 is 5.32 Å². The van der Waals surface area contributed by atoms with E-state index in [0.717, 1.165) is 17.0 Å². The lowest BCUT2D eigenvalue weighted by Gasteiger charge is -2.00. The van der Waals surface area contributed by atoms with E-state index >= 15 is 0 Å². The number of carbonyl (C=O) groups is 2. The molecule has 0 unspecified atom stereocenters. The summed E-state index contributed by atoms with van der Waals surface area (Å²) in [5.41, 5.74) is 3.33. The van der Waals surface area contributed by atoms with Crippen molar-refractivity contribution in [3.8, 4) is 16.9 Å². The van der Waals surface area contributed by atoms with Gasteiger partial charge >= 0.3 is 5.97 Å². The summed E-state index contributed by atoms with van der Waals surface area (Å²) in [5, 5.41) is 7.62. The van der Waals surface area contributed by atoms with Gasteiger partial charge in [-0.3, -0.25) is 10.1 Å². The van der Waals surface area contributed by atoms with Gasteiger partial charge in [-0.2, -0.15) is 5.10 Å². The van der Waals surface area contributed by atoms with Gasteiger partial charge in [-0.15, -0.1) is 0 Å². The summed E-state index contributed by atoms with van der Waals surface area (Å²) in [7, 11) is 0. The van der Waals surface area contributed by atoms with Crippen LogP contribution in [0.15, 0.2) is 66.9 Å². The van der Waals surface area contributed by atoms with Crippen molar-refractivity contribution in [2.75, 3.05) is 11.9 Å². The predicted molar refractivity (Wildman–Crippen MR) is 129 cm³/mol. The molecule has 0 aliphatic rings. The second-order valence-corrected chi connectivity index (χ2v) is 8.20. The number of thiazole rings is 1. The van der Waals surface area contributed by atoms with E-state index in [1.165, 1.54) is 18.2 Å². The molecule has 0 atom stereocenters. The number of amides is 1. The van der Waals surface area contributed by atoms with Crippen LogP contribution in [0.4, 0.5) is 9.52 Å². The molecular formula is C25H21FN4O3S. The van der Waals surface area contributed by atoms with Crippen LogP contribution in [0, 0.1) is 12.7 Å². The van der Waals surface area contributed by atoms with Crippen LogP contribution in [0.3, 0.4) is 0 Å². The van der Waals surface area contributed by atoms with E-state index in [2.05, 4.69) is 15.4 Å². The third-order valence-corrected chi connectivity index (χ3v) is 5.84. The van der Waals surface area contributed by atoms with E-state index < -0.39 is 11.9 Å². The van der Waals surface area contributed by atoms with Crippen LogP contribution in [0.5, 0.6) is 0 Å². The molecule has 34 heavy (non-hydrogen) atoms. The molecule has 0 radical (unpaired) electrons. The molecule has 172 valence electrons. The monoisotopic (exact) mass is 476 g/mol. The second-order valence-electron chi connectivity index (χ2n) is 7.20. The van der Waals surface area contributed by atoms with Crippen LogP contribution in [0.1, 0.15) is 27.9 Å². The van der Waals surface area contributed by atoms with Crippen molar-refractivity contribution in [1.29, 1.82) is 0 Å². The maximum absolute atomic E-state index is 13.4. The van der Waals surface area contributed by atoms with Crippen molar-refractivity contribution in [2.24, 2.45) is 0 Å². The Balaban J connectivity index is 1.59. The van der Waals surface area contributed by atoms with Crippen LogP contribution in [0.2, 0.25) is 0 Å². The Morgan fingerprint density at radius 1 is 1.15 bits per heavy atom. The highest BCUT2D eigenvalue weighted by Crippen LogP contribution is 2.26. The number of benzene rings is 2. The Morgan fingerprint density at radius 2 is 1.88 bits per heavy atom. The van der Waals surface area contributed by atoms with Crippen molar-refractivity contribution < 1.29 is 18.7 Å². The highest BCUT2D eigenvalue weighted by molar-refractivity contribution is 7.17. The number of halogens is 1. The van der Waals surface area contributed by atoms with Gasteiger partial charge in [0.15, 0.2) is 5.13 Å². The summed E-state index contributed by atoms with van der Waals surface area (Å²) < 4.78 is 20.1. The fourth-order valence-electron chi connectivity index (χ4n) is 3.20. The molecule has 1 amide bonds. The van der Waals surface area contributed by atoms with Crippen molar-refractivity contribution in [3.63, 3.8) is 0 Å². The number of rotatable bonds is 7. The number of ether oxygens (including phenoxy) is 1. The lowest BCUT2D eigenvalue weighted by molar-refractivity contribution is -0.111. The molecule has 0 spiro atoms. The van der Waals surface area contributed by atoms with Crippen LogP contribution in [-0.2, 0) is 9.53 Å². The molecule has 4 rings (SSSR count). The average molecular weight is 477 g/mol. The standard InChI is InChI=1S/C25H21FN4O3S/c1-3-33-24(32)23-16(2)27-25(34-23)28-21(31)14-11-18-15-30(20-7-5-4-6-8-20)29-22(18)17-9-12-19(26)13-10-17/h4-15H,3H2,1-2H3,(H,27,28,31). The molecule has 0 aliphatic carbocycles. The molecule has 0 fully saturated rings. The van der Waals surface area contributed by atoms with Gasteiger partial charge in [0.25, 0.3) is 0 Å². The van der Waals surface area contributed by atoms with Gasteiger partial charge in [0.05, 0.1) is 23.7 Å². The summed E-state index contributed by atoms with van der Waals surface area (Å²) in [6, 6.07) is 15.5. The molecular weight excluding hydrogens is 455 g/mol. The Kier molecular flexibility index (Phi) is 6.93. The number of para-hydroxylation sites is 1. The maximum Gasteiger partial charge on any atom is 0.350 e. The largest absolute Gasteiger partial charge is 0.462 e. The Hall–Kier alpha value is -4.11. The minimum absolute atomic E-state index is 0.258. The topological polar surface area (TPSA) is 86.1 Å². The lowest BCUT2D eigenvalue weighted by atomic mass is 10.1. The van der Waals surface area contributed by atoms with Crippen molar-refractivity contribution in [1.82, 2.24) is 14.8 Å². The minimum Gasteiger partial charge on any atom is -0.462 e. The number of esters is 1. The molecule has 0 aliphatic heterocycles. The molecule has 9 heteroatoms. The molecule has 0 saturated heterocycles. The molecule has 0 saturated carbocycles. The fraction of sp³-hybridized carbons (Fsp3) is 0.120. The average Bonchev–Trinajstić information content (AvgIpc) is 3.42. The predicted octanol–water partition coefficient (Wildman–Crippen LogP) is 5.27. The highest BCUT2D eigenvalue weighted by Gasteiger charge is 2.17. The summed E-state index contributed by atoms with van der Waals surface area (Å²) in [6.07, 6.45) is 4.79. The second kappa shape index (κ2) is 10.2. The zero-order chi connectivity index (χ0) is 24.1. The number of hydrogen-bond donors (Lipinski definition) is 1. The molecule has 2 aromatic heterocycles. The summed E-state index contributed by atoms with van der Waals surface area (Å²) in [4.78, 5) is 29.1. The Labute approximate surface area is 199 Å². The number of aryl methyl sites for hydroxylation is 1. The van der Waals surface area contributed by atoms with Gasteiger partial charge in [-0.05, 0) is 56.3 Å². The molecule has 0 bridgehead atoms. The lowest BCUT2D eigenvalue weighted by Crippen LogP contribution is -2.07. The van der Waals surface area contributed by atoms with Crippen LogP contribution in [0.25, 0.3) is 23.0 Å². The zero-order valence-corrected chi connectivity index (χ0v) is 19.3. The number of hydrogen-bond acceptors (Lipinski definition) is 6. The van der Waals surface area contributed by atoms with Gasteiger partial charge in [-0.1, -0.05) is 29.5 Å². The Bertz CT molecular complexity index is 1340. The first-order chi connectivity index (χ1) is 16.4. The van der Waals surface area contributed by atoms with E-state index in [1.54, 1.807) is 42.9 Å². The van der Waals surface area contributed by atoms with Gasteiger partial charge in [0.2, 0.25) is 5.91 Å². The molecule has 2 aromatic carbocycles. The van der Waals surface area contributed by atoms with Gasteiger partial charge in [0, 0.05) is 23.4 Å². The normalized spacial score (nSPS) is 11.0. The smallest absolute Gasteiger partial charge is 0.350 e. The third kappa shape index (κ3) is 5.26. The van der Waals surface area contributed by atoms with E-state index in [0.29, 0.717) is 32.5 Å². The number of carbonyl (C=O) groups excluding carboxylic acids is 2. The maximum atomic E-state index is 13.4. The number of anilines is 1. The fourth-order valence-corrected chi connectivity index (χ4v) is 4.07. The summed E-state index contributed by atoms with van der Waals surface area (Å²) in [6.45, 7) is 3.66. The first-order valence-corrected chi connectivity index (χ1v) is 11.3. The van der Waals surface area contributed by atoms with Gasteiger partial charge < -0.3 is 4.74 Å². The first kappa shape index (κ1) is 23.1. The zero-order valence-electron chi connectivity index (χ0n) is 18.5. The molecule has 1 N–H and O–H groups in total. The number of nitrogens with one attached hydrogen (secondary N) is 1. The van der Waals surface area contributed by atoms with E-state index in [-0.39, 0.29) is 12.4 Å². The SMILES string of the molecule is CCOC(=O)c1sc(NC(=O)C=Cc2cn(-c3ccccc3)nc2-c2ccc(F)cc2)nc1C. The number of nitrogens with zero attached hydrogens (tertiary/aromatic N) is 3. The van der Waals surface area contributed by atoms with E-state index in [1.807, 2.05) is 30.3 Å². The first-order valence-electron chi connectivity index (χ1n) is 10.5. The van der Waals surface area contributed by atoms with E-state index in [4.69, 9.17) is 4.74 Å². The van der Waals surface area contributed by atoms with Crippen LogP contribution >= 0.6 is 11.3 Å². The third-order valence-electron chi connectivity index (χ3n) is 4.78. The molecule has 7 nitrogen and oxygen atoms in total. The Morgan fingerprint density at radius 3 is 2.59 bits per heavy atom. The molecule has 2 heterocycles. The summed E-state index contributed by atoms with van der Waals surface area (Å²) in [5.74, 6) is -1.23. The van der Waals surface area contributed by atoms with Crippen molar-refractivity contribution >= 4 is 34.4 Å². The van der Waals surface area contributed by atoms with E-state index in [9.17, 15) is 14.0 Å². The molecule has 4 aromatic rings. The van der Waals surface area contributed by atoms with Gasteiger partial charge in [-0.25, -0.2) is 18.9 Å².